The topological polar surface area (TPSA) is 97.5 Å². The number of nitrogens with zero attached hydrogens (tertiary/aromatic N) is 3. The molecule has 0 amide bonds. The third-order valence-electron chi connectivity index (χ3n) is 7.86. The summed E-state index contributed by atoms with van der Waals surface area (Å²) in [6.07, 6.45) is -2.13. The van der Waals surface area contributed by atoms with E-state index in [0.717, 1.165) is 6.07 Å². The highest BCUT2D eigenvalue weighted by Crippen LogP contribution is 2.41. The van der Waals surface area contributed by atoms with E-state index < -0.39 is 90.7 Å². The maximum Gasteiger partial charge on any atom is 0.417 e. The molecule has 50 heavy (non-hydrogen) atoms. The Morgan fingerprint density at radius 2 is 1.50 bits per heavy atom. The number of hydrogen-bond donors (Lipinski definition) is 2. The second-order valence-electron chi connectivity index (χ2n) is 11.0. The lowest BCUT2D eigenvalue weighted by Gasteiger charge is -2.15. The van der Waals surface area contributed by atoms with E-state index in [1.165, 1.54) is 70.6 Å². The molecule has 0 bridgehead atoms. The number of sulfonamides is 1. The summed E-state index contributed by atoms with van der Waals surface area (Å²) >= 11 is 0. The first-order valence-corrected chi connectivity index (χ1v) is 15.6. The number of rotatable bonds is 8. The fourth-order valence-corrected chi connectivity index (χ4v) is 6.76. The Labute approximate surface area is 275 Å². The molecule has 260 valence electrons. The molecule has 0 aliphatic heterocycles. The van der Waals surface area contributed by atoms with Gasteiger partial charge in [0.05, 0.1) is 34.1 Å². The molecular weight excluding hydrogens is 705 g/mol. The van der Waals surface area contributed by atoms with Gasteiger partial charge in [0.2, 0.25) is 5.78 Å². The van der Waals surface area contributed by atoms with Crippen molar-refractivity contribution in [2.24, 2.45) is 7.05 Å². The SMILES string of the molecule is CNCc1c(F)c(F)c(S(=O)(=O)Nc2c(F)cc(C(=O)c3ccc4c(-c5cc6ncn(C)c6cc5C(F)(F)F)cccn34)cc2F)c(F)c1F. The van der Waals surface area contributed by atoms with Gasteiger partial charge in [-0.2, -0.15) is 13.2 Å². The van der Waals surface area contributed by atoms with Crippen molar-refractivity contribution in [2.45, 2.75) is 17.6 Å². The number of benzene rings is 3. The molecule has 0 fully saturated rings. The molecule has 3 aromatic heterocycles. The lowest BCUT2D eigenvalue weighted by molar-refractivity contribution is -0.137. The summed E-state index contributed by atoms with van der Waals surface area (Å²) < 4.78 is 160. The molecule has 6 aromatic rings. The maximum atomic E-state index is 15.2. The van der Waals surface area contributed by atoms with Crippen LogP contribution in [0.25, 0.3) is 27.7 Å². The van der Waals surface area contributed by atoms with Crippen molar-refractivity contribution in [3.05, 3.63) is 118 Å². The molecule has 0 saturated carbocycles. The van der Waals surface area contributed by atoms with Crippen molar-refractivity contribution >= 4 is 38.0 Å². The van der Waals surface area contributed by atoms with Gasteiger partial charge in [-0.25, -0.2) is 39.7 Å². The summed E-state index contributed by atoms with van der Waals surface area (Å²) in [5.74, 6) is -13.4. The van der Waals surface area contributed by atoms with Gasteiger partial charge in [-0.05, 0) is 55.1 Å². The van der Waals surface area contributed by atoms with Crippen LogP contribution in [0, 0.1) is 34.9 Å². The van der Waals surface area contributed by atoms with Crippen LogP contribution in [0.3, 0.4) is 0 Å². The molecule has 0 spiro atoms. The van der Waals surface area contributed by atoms with Crippen molar-refractivity contribution in [1.82, 2.24) is 19.3 Å². The van der Waals surface area contributed by atoms with Gasteiger partial charge in [-0.1, -0.05) is 6.07 Å². The number of hydrogen-bond acceptors (Lipinski definition) is 5. The van der Waals surface area contributed by atoms with Crippen molar-refractivity contribution < 1.29 is 52.7 Å². The first-order valence-electron chi connectivity index (χ1n) is 14.1. The monoisotopic (exact) mass is 725 g/mol. The minimum Gasteiger partial charge on any atom is -0.334 e. The van der Waals surface area contributed by atoms with Gasteiger partial charge >= 0.3 is 6.18 Å². The number of halogens is 9. The van der Waals surface area contributed by atoms with Gasteiger partial charge in [0.1, 0.15) is 5.69 Å². The van der Waals surface area contributed by atoms with E-state index in [1.807, 2.05) is 0 Å². The van der Waals surface area contributed by atoms with Gasteiger partial charge in [-0.15, -0.1) is 0 Å². The van der Waals surface area contributed by atoms with Crippen molar-refractivity contribution in [3.8, 4) is 11.1 Å². The van der Waals surface area contributed by atoms with Crippen LogP contribution in [0.2, 0.25) is 0 Å². The van der Waals surface area contributed by atoms with Gasteiger partial charge in [-0.3, -0.25) is 9.52 Å². The highest BCUT2D eigenvalue weighted by atomic mass is 32.2. The number of anilines is 1. The van der Waals surface area contributed by atoms with Crippen molar-refractivity contribution in [1.29, 1.82) is 0 Å². The standard InChI is InChI=1S/C32H20F9N5O3S/c1-42-12-17-25(35)27(37)31(28(38)26(17)36)50(48,49)44-29-19(33)8-14(9-20(29)34)30(47)23-6-5-22-15(4-3-7-46(22)23)16-10-21-24(45(2)13-43-21)11-18(16)32(39,40)41/h3-11,13,42,44H,12H2,1-2H3. The van der Waals surface area contributed by atoms with Gasteiger partial charge < -0.3 is 14.3 Å². The van der Waals surface area contributed by atoms with Crippen LogP contribution in [0.15, 0.2) is 66.0 Å². The summed E-state index contributed by atoms with van der Waals surface area (Å²) in [6, 6.07) is 8.16. The van der Waals surface area contributed by atoms with Gasteiger partial charge in [0.25, 0.3) is 10.0 Å². The number of alkyl halides is 3. The second-order valence-corrected chi connectivity index (χ2v) is 12.6. The van der Waals surface area contributed by atoms with Crippen molar-refractivity contribution in [2.75, 3.05) is 11.8 Å². The zero-order valence-electron chi connectivity index (χ0n) is 25.4. The molecule has 2 N–H and O–H groups in total. The normalized spacial score (nSPS) is 12.3. The third-order valence-corrected chi connectivity index (χ3v) is 9.23. The molecule has 0 aliphatic rings. The van der Waals surface area contributed by atoms with Crippen LogP contribution in [0.1, 0.15) is 27.2 Å². The molecule has 6 rings (SSSR count). The fourth-order valence-electron chi connectivity index (χ4n) is 5.54. The highest BCUT2D eigenvalue weighted by Gasteiger charge is 2.36. The minimum absolute atomic E-state index is 0.0415. The lowest BCUT2D eigenvalue weighted by Crippen LogP contribution is -2.22. The third kappa shape index (κ3) is 5.63. The summed E-state index contributed by atoms with van der Waals surface area (Å²) in [5.41, 5.74) is -4.30. The van der Waals surface area contributed by atoms with Crippen LogP contribution in [0.4, 0.5) is 45.2 Å². The fraction of sp³-hybridized carbons (Fsp3) is 0.125. The van der Waals surface area contributed by atoms with Crippen LogP contribution in [-0.2, 0) is 29.8 Å². The molecule has 8 nitrogen and oxygen atoms in total. The number of nitrogens with one attached hydrogen (secondary N) is 2. The average Bonchev–Trinajstić information content (AvgIpc) is 3.65. The largest absolute Gasteiger partial charge is 0.417 e. The van der Waals surface area contributed by atoms with E-state index in [1.54, 1.807) is 0 Å². The predicted octanol–water partition coefficient (Wildman–Crippen LogP) is 7.10. The first kappa shape index (κ1) is 34.5. The van der Waals surface area contributed by atoms with E-state index in [0.29, 0.717) is 12.1 Å². The van der Waals surface area contributed by atoms with Gasteiger partial charge in [0.15, 0.2) is 39.8 Å². The smallest absolute Gasteiger partial charge is 0.334 e. The number of ketones is 1. The van der Waals surface area contributed by atoms with Crippen LogP contribution >= 0.6 is 0 Å². The number of imidazole rings is 1. The first-order chi connectivity index (χ1) is 23.5. The van der Waals surface area contributed by atoms with Crippen LogP contribution < -0.4 is 10.0 Å². The van der Waals surface area contributed by atoms with E-state index >= 15 is 8.78 Å². The summed E-state index contributed by atoms with van der Waals surface area (Å²) in [5, 5.41) is 2.24. The molecule has 0 saturated heterocycles. The molecule has 3 aromatic carbocycles. The summed E-state index contributed by atoms with van der Waals surface area (Å²) in [4.78, 5) is 15.4. The molecule has 3 heterocycles. The lowest BCUT2D eigenvalue weighted by atomic mass is 9.98. The Hall–Kier alpha value is -5.36. The summed E-state index contributed by atoms with van der Waals surface area (Å²) in [6.45, 7) is -0.730. The van der Waals surface area contributed by atoms with Crippen LogP contribution in [0.5, 0.6) is 0 Å². The Kier molecular flexibility index (Phi) is 8.42. The maximum absolute atomic E-state index is 15.2. The molecular formula is C32H20F9N5O3S. The van der Waals surface area contributed by atoms with E-state index in [4.69, 9.17) is 0 Å². The average molecular weight is 726 g/mol. The molecule has 0 unspecified atom stereocenters. The highest BCUT2D eigenvalue weighted by molar-refractivity contribution is 7.92. The Balaban J connectivity index is 1.38. The zero-order valence-corrected chi connectivity index (χ0v) is 26.2. The minimum atomic E-state index is -5.71. The van der Waals surface area contributed by atoms with E-state index in [-0.39, 0.29) is 33.4 Å². The van der Waals surface area contributed by atoms with Crippen LogP contribution in [-0.4, -0.2) is 35.2 Å². The van der Waals surface area contributed by atoms with E-state index in [9.17, 15) is 43.9 Å². The second kappa shape index (κ2) is 12.2. The predicted molar refractivity (Wildman–Crippen MR) is 162 cm³/mol. The number of aromatic nitrogens is 3. The Morgan fingerprint density at radius 1 is 0.860 bits per heavy atom. The number of fused-ring (bicyclic) bond motifs is 2. The number of pyridine rings is 1. The molecule has 0 aliphatic carbocycles. The number of aryl methyl sites for hydroxylation is 1. The zero-order chi connectivity index (χ0) is 36.4. The quantitative estimate of drug-likeness (QED) is 0.0992. The van der Waals surface area contributed by atoms with Crippen molar-refractivity contribution in [3.63, 3.8) is 0 Å². The Morgan fingerprint density at radius 3 is 2.10 bits per heavy atom. The summed E-state index contributed by atoms with van der Waals surface area (Å²) in [7, 11) is -3.00. The Bertz CT molecular complexity index is 2440. The molecule has 0 radical (unpaired) electrons. The van der Waals surface area contributed by atoms with E-state index in [2.05, 4.69) is 10.3 Å². The molecule has 18 heteroatoms. The number of carbonyl (C=O) groups excluding carboxylic acids is 1. The molecule has 0 atom stereocenters. The van der Waals surface area contributed by atoms with Gasteiger partial charge in [0, 0.05) is 36.5 Å². The number of carbonyl (C=O) groups is 1.